The second-order valence-electron chi connectivity index (χ2n) is 9.98. The lowest BCUT2D eigenvalue weighted by Gasteiger charge is -2.41. The van der Waals surface area contributed by atoms with Crippen molar-refractivity contribution in [2.24, 2.45) is 5.92 Å². The number of alkyl halides is 2. The van der Waals surface area contributed by atoms with Crippen LogP contribution in [0, 0.1) is 5.92 Å². The zero-order valence-corrected chi connectivity index (χ0v) is 23.1. The SMILES string of the molecule is CC(=O)N1CCC(C(=O)N2CCC(NC(=O)c3ccc(COC(F)F)cc3)C(c3ccc(Cl)c(Cl)c3)C2)CC1. The molecule has 0 spiro atoms. The summed E-state index contributed by atoms with van der Waals surface area (Å²) in [6, 6.07) is 11.3. The Morgan fingerprint density at radius 1 is 0.974 bits per heavy atom. The van der Waals surface area contributed by atoms with Gasteiger partial charge in [-0.25, -0.2) is 0 Å². The van der Waals surface area contributed by atoms with Crippen molar-refractivity contribution in [3.05, 3.63) is 69.2 Å². The molecule has 2 aromatic carbocycles. The van der Waals surface area contributed by atoms with Gasteiger partial charge in [0.25, 0.3) is 5.91 Å². The number of nitrogens with one attached hydrogen (secondary N) is 1. The molecular formula is C28H31Cl2F2N3O4. The number of nitrogens with zero attached hydrogens (tertiary/aromatic N) is 2. The molecule has 7 nitrogen and oxygen atoms in total. The van der Waals surface area contributed by atoms with Crippen molar-refractivity contribution >= 4 is 40.9 Å². The molecule has 2 fully saturated rings. The summed E-state index contributed by atoms with van der Waals surface area (Å²) >= 11 is 12.5. The summed E-state index contributed by atoms with van der Waals surface area (Å²) in [4.78, 5) is 41.8. The van der Waals surface area contributed by atoms with Gasteiger partial charge in [0.15, 0.2) is 0 Å². The van der Waals surface area contributed by atoms with Gasteiger partial charge in [-0.2, -0.15) is 8.78 Å². The van der Waals surface area contributed by atoms with E-state index in [9.17, 15) is 23.2 Å². The van der Waals surface area contributed by atoms with Crippen LogP contribution in [0.3, 0.4) is 0 Å². The number of benzene rings is 2. The quantitative estimate of drug-likeness (QED) is 0.493. The Hall–Kier alpha value is -2.75. The van der Waals surface area contributed by atoms with Gasteiger partial charge in [-0.3, -0.25) is 14.4 Å². The first-order valence-electron chi connectivity index (χ1n) is 12.9. The maximum Gasteiger partial charge on any atom is 0.345 e. The van der Waals surface area contributed by atoms with E-state index >= 15 is 0 Å². The Morgan fingerprint density at radius 2 is 1.64 bits per heavy atom. The fraction of sp³-hybridized carbons (Fsp3) is 0.464. The molecule has 0 aliphatic carbocycles. The summed E-state index contributed by atoms with van der Waals surface area (Å²) in [7, 11) is 0. The van der Waals surface area contributed by atoms with Crippen LogP contribution in [0.5, 0.6) is 0 Å². The number of halogens is 4. The first kappa shape index (κ1) is 29.2. The Morgan fingerprint density at radius 3 is 2.26 bits per heavy atom. The van der Waals surface area contributed by atoms with E-state index in [1.54, 1.807) is 48.2 Å². The highest BCUT2D eigenvalue weighted by atomic mass is 35.5. The summed E-state index contributed by atoms with van der Waals surface area (Å²) in [6.07, 6.45) is 1.80. The fourth-order valence-corrected chi connectivity index (χ4v) is 5.58. The van der Waals surface area contributed by atoms with E-state index in [-0.39, 0.29) is 42.2 Å². The zero-order chi connectivity index (χ0) is 28.1. The van der Waals surface area contributed by atoms with E-state index in [1.807, 2.05) is 11.0 Å². The van der Waals surface area contributed by atoms with E-state index in [4.69, 9.17) is 23.2 Å². The Kier molecular flexibility index (Phi) is 9.80. The number of carbonyl (C=O) groups excluding carboxylic acids is 3. The van der Waals surface area contributed by atoms with Crippen LogP contribution in [0.15, 0.2) is 42.5 Å². The van der Waals surface area contributed by atoms with Crippen LogP contribution in [-0.4, -0.2) is 66.4 Å². The predicted molar refractivity (Wildman–Crippen MR) is 144 cm³/mol. The molecule has 0 saturated carbocycles. The highest BCUT2D eigenvalue weighted by molar-refractivity contribution is 6.42. The molecule has 210 valence electrons. The Labute approximate surface area is 236 Å². The van der Waals surface area contributed by atoms with Crippen LogP contribution in [0.2, 0.25) is 10.0 Å². The molecule has 4 rings (SSSR count). The molecule has 1 N–H and O–H groups in total. The molecule has 3 amide bonds. The third-order valence-corrected chi connectivity index (χ3v) is 8.23. The van der Waals surface area contributed by atoms with Crippen LogP contribution >= 0.6 is 23.2 Å². The largest absolute Gasteiger partial charge is 0.349 e. The number of rotatable bonds is 7. The number of piperidine rings is 2. The third-order valence-electron chi connectivity index (χ3n) is 7.49. The molecule has 2 atom stereocenters. The minimum Gasteiger partial charge on any atom is -0.349 e. The summed E-state index contributed by atoms with van der Waals surface area (Å²) in [5.41, 5.74) is 1.78. The van der Waals surface area contributed by atoms with Crippen molar-refractivity contribution in [3.63, 3.8) is 0 Å². The second-order valence-corrected chi connectivity index (χ2v) is 10.8. The smallest absolute Gasteiger partial charge is 0.345 e. The van der Waals surface area contributed by atoms with Gasteiger partial charge in [-0.05, 0) is 54.7 Å². The van der Waals surface area contributed by atoms with E-state index in [0.29, 0.717) is 66.6 Å². The zero-order valence-electron chi connectivity index (χ0n) is 21.5. The van der Waals surface area contributed by atoms with E-state index in [1.165, 1.54) is 0 Å². The van der Waals surface area contributed by atoms with Gasteiger partial charge in [-0.1, -0.05) is 41.4 Å². The standard InChI is InChI=1S/C28H31Cl2F2N3O4/c1-17(36)34-11-8-20(9-12-34)27(38)35-13-10-25(22(15-35)21-6-7-23(29)24(30)14-21)33-26(37)19-4-2-18(3-5-19)16-39-28(31)32/h2-7,14,20,22,25,28H,8-13,15-16H2,1H3,(H,33,37). The van der Waals surface area contributed by atoms with Crippen molar-refractivity contribution in [2.45, 2.75) is 51.4 Å². The number of likely N-dealkylation sites (tertiary alicyclic amines) is 2. The van der Waals surface area contributed by atoms with E-state index < -0.39 is 6.61 Å². The molecule has 11 heteroatoms. The highest BCUT2D eigenvalue weighted by Crippen LogP contribution is 2.33. The first-order chi connectivity index (χ1) is 18.6. The summed E-state index contributed by atoms with van der Waals surface area (Å²) in [5.74, 6) is -0.586. The van der Waals surface area contributed by atoms with Crippen LogP contribution in [-0.2, 0) is 20.9 Å². The number of ether oxygens (including phenoxy) is 1. The average molecular weight is 582 g/mol. The van der Waals surface area contributed by atoms with Gasteiger partial charge in [0.2, 0.25) is 11.8 Å². The molecule has 2 unspecified atom stereocenters. The van der Waals surface area contributed by atoms with E-state index in [0.717, 1.165) is 5.56 Å². The minimum absolute atomic E-state index is 0.0215. The predicted octanol–water partition coefficient (Wildman–Crippen LogP) is 5.11. The summed E-state index contributed by atoms with van der Waals surface area (Å²) in [5, 5.41) is 3.90. The van der Waals surface area contributed by atoms with Gasteiger partial charge >= 0.3 is 6.61 Å². The molecule has 2 aromatic rings. The van der Waals surface area contributed by atoms with Crippen LogP contribution in [0.1, 0.15) is 53.6 Å². The van der Waals surface area contributed by atoms with Crippen molar-refractivity contribution in [1.82, 2.24) is 15.1 Å². The maximum absolute atomic E-state index is 13.4. The fourth-order valence-electron chi connectivity index (χ4n) is 5.27. The normalized spacial score (nSPS) is 20.3. The molecule has 0 radical (unpaired) electrons. The number of amides is 3. The highest BCUT2D eigenvalue weighted by Gasteiger charge is 2.37. The van der Waals surface area contributed by atoms with Crippen molar-refractivity contribution in [3.8, 4) is 0 Å². The Balaban J connectivity index is 1.47. The molecule has 39 heavy (non-hydrogen) atoms. The Bertz CT molecular complexity index is 1190. The molecular weight excluding hydrogens is 551 g/mol. The van der Waals surface area contributed by atoms with E-state index in [2.05, 4.69) is 10.1 Å². The third kappa shape index (κ3) is 7.47. The van der Waals surface area contributed by atoms with Crippen LogP contribution in [0.25, 0.3) is 0 Å². The molecule has 0 aromatic heterocycles. The average Bonchev–Trinajstić information content (AvgIpc) is 2.93. The first-order valence-corrected chi connectivity index (χ1v) is 13.7. The lowest BCUT2D eigenvalue weighted by Crippen LogP contribution is -2.53. The lowest BCUT2D eigenvalue weighted by molar-refractivity contribution is -0.141. The number of hydrogen-bond acceptors (Lipinski definition) is 4. The van der Waals surface area contributed by atoms with Crippen molar-refractivity contribution < 1.29 is 27.9 Å². The monoisotopic (exact) mass is 581 g/mol. The molecule has 2 aliphatic heterocycles. The molecule has 2 aliphatic rings. The molecule has 0 bridgehead atoms. The van der Waals surface area contributed by atoms with Crippen LogP contribution in [0.4, 0.5) is 8.78 Å². The molecule has 2 heterocycles. The minimum atomic E-state index is -2.86. The van der Waals surface area contributed by atoms with Gasteiger partial charge in [-0.15, -0.1) is 0 Å². The van der Waals surface area contributed by atoms with Crippen molar-refractivity contribution in [1.29, 1.82) is 0 Å². The van der Waals surface area contributed by atoms with Crippen LogP contribution < -0.4 is 5.32 Å². The second kappa shape index (κ2) is 13.1. The van der Waals surface area contributed by atoms with Crippen molar-refractivity contribution in [2.75, 3.05) is 26.2 Å². The molecule has 2 saturated heterocycles. The summed E-state index contributed by atoms with van der Waals surface area (Å²) < 4.78 is 28.9. The van der Waals surface area contributed by atoms with Gasteiger partial charge in [0, 0.05) is 56.5 Å². The summed E-state index contributed by atoms with van der Waals surface area (Å²) in [6.45, 7) is 0.455. The lowest BCUT2D eigenvalue weighted by atomic mass is 9.84. The van der Waals surface area contributed by atoms with Gasteiger partial charge in [0.1, 0.15) is 0 Å². The van der Waals surface area contributed by atoms with Gasteiger partial charge < -0.3 is 19.9 Å². The topological polar surface area (TPSA) is 79.0 Å². The number of carbonyl (C=O) groups is 3. The van der Waals surface area contributed by atoms with Gasteiger partial charge in [0.05, 0.1) is 16.7 Å². The maximum atomic E-state index is 13.4. The number of hydrogen-bond donors (Lipinski definition) is 1.